The molecule has 1 aliphatic rings. The summed E-state index contributed by atoms with van der Waals surface area (Å²) in [4.78, 5) is 4.03. The molecule has 0 aliphatic carbocycles. The van der Waals surface area contributed by atoms with Crippen molar-refractivity contribution in [2.75, 3.05) is 6.54 Å². The third-order valence-corrected chi connectivity index (χ3v) is 4.64. The highest BCUT2D eigenvalue weighted by Gasteiger charge is 2.20. The van der Waals surface area contributed by atoms with Gasteiger partial charge in [0.15, 0.2) is 0 Å². The predicted octanol–water partition coefficient (Wildman–Crippen LogP) is 3.49. The maximum atomic E-state index is 3.58. The van der Waals surface area contributed by atoms with Crippen LogP contribution < -0.4 is 0 Å². The van der Waals surface area contributed by atoms with E-state index in [0.717, 1.165) is 12.6 Å². The van der Waals surface area contributed by atoms with Crippen LogP contribution in [0.4, 0.5) is 0 Å². The molecule has 0 aromatic carbocycles. The number of nitrogens with zero attached hydrogens (tertiary/aromatic N) is 1. The van der Waals surface area contributed by atoms with Crippen molar-refractivity contribution in [2.24, 2.45) is 0 Å². The second-order valence-corrected chi connectivity index (χ2v) is 5.51. The van der Waals surface area contributed by atoms with Crippen LogP contribution in [-0.2, 0) is 6.54 Å². The van der Waals surface area contributed by atoms with E-state index in [9.17, 15) is 0 Å². The van der Waals surface area contributed by atoms with Crippen LogP contribution in [0.25, 0.3) is 0 Å². The lowest BCUT2D eigenvalue weighted by molar-refractivity contribution is 0.262. The van der Waals surface area contributed by atoms with Gasteiger partial charge in [0.1, 0.15) is 0 Å². The lowest BCUT2D eigenvalue weighted by atomic mass is 10.2. The summed E-state index contributed by atoms with van der Waals surface area (Å²) in [7, 11) is 0. The number of halogens is 1. The van der Waals surface area contributed by atoms with Gasteiger partial charge in [-0.3, -0.25) is 4.90 Å². The minimum atomic E-state index is 0.772. The first kappa shape index (κ1) is 9.69. The molecular formula is C10H14BrNS. The van der Waals surface area contributed by atoms with Crippen molar-refractivity contribution in [1.29, 1.82) is 0 Å². The van der Waals surface area contributed by atoms with E-state index in [-0.39, 0.29) is 0 Å². The Morgan fingerprint density at radius 3 is 3.08 bits per heavy atom. The molecule has 1 atom stereocenters. The van der Waals surface area contributed by atoms with Crippen LogP contribution in [0.5, 0.6) is 0 Å². The van der Waals surface area contributed by atoms with E-state index in [1.165, 1.54) is 28.7 Å². The Hall–Kier alpha value is 0.140. The molecule has 72 valence electrons. The van der Waals surface area contributed by atoms with Gasteiger partial charge in [0.2, 0.25) is 0 Å². The largest absolute Gasteiger partial charge is 0.296 e. The standard InChI is InChI=1S/C10H14BrNS/c1-8-3-2-5-12(8)7-10-9(11)4-6-13-10/h4,6,8H,2-3,5,7H2,1H3. The fraction of sp³-hybridized carbons (Fsp3) is 0.600. The van der Waals surface area contributed by atoms with Crippen molar-refractivity contribution in [1.82, 2.24) is 4.90 Å². The summed E-state index contributed by atoms with van der Waals surface area (Å²) >= 11 is 5.43. The molecule has 0 spiro atoms. The van der Waals surface area contributed by atoms with Gasteiger partial charge in [-0.2, -0.15) is 0 Å². The van der Waals surface area contributed by atoms with Crippen molar-refractivity contribution in [3.8, 4) is 0 Å². The van der Waals surface area contributed by atoms with Crippen LogP contribution in [0.15, 0.2) is 15.9 Å². The highest BCUT2D eigenvalue weighted by Crippen LogP contribution is 2.27. The molecular weight excluding hydrogens is 246 g/mol. The minimum Gasteiger partial charge on any atom is -0.296 e. The second kappa shape index (κ2) is 4.11. The van der Waals surface area contributed by atoms with Crippen LogP contribution in [0, 0.1) is 0 Å². The molecule has 1 nitrogen and oxygen atoms in total. The molecule has 1 unspecified atom stereocenters. The van der Waals surface area contributed by atoms with Crippen LogP contribution in [0.2, 0.25) is 0 Å². The van der Waals surface area contributed by atoms with Crippen LogP contribution in [0.3, 0.4) is 0 Å². The zero-order valence-corrected chi connectivity index (χ0v) is 10.2. The van der Waals surface area contributed by atoms with E-state index >= 15 is 0 Å². The predicted molar refractivity (Wildman–Crippen MR) is 61.1 cm³/mol. The Bertz CT molecular complexity index is 284. The first-order chi connectivity index (χ1) is 6.27. The van der Waals surface area contributed by atoms with E-state index in [0.29, 0.717) is 0 Å². The molecule has 1 fully saturated rings. The average Bonchev–Trinajstić information content (AvgIpc) is 2.65. The van der Waals surface area contributed by atoms with E-state index in [1.807, 2.05) is 11.3 Å². The quantitative estimate of drug-likeness (QED) is 0.786. The fourth-order valence-corrected chi connectivity index (χ4v) is 3.35. The van der Waals surface area contributed by atoms with Gasteiger partial charge in [0.05, 0.1) is 0 Å². The van der Waals surface area contributed by atoms with E-state index < -0.39 is 0 Å². The van der Waals surface area contributed by atoms with E-state index in [2.05, 4.69) is 39.2 Å². The Balaban J connectivity index is 2.01. The highest BCUT2D eigenvalue weighted by molar-refractivity contribution is 9.10. The molecule has 1 aliphatic heterocycles. The number of rotatable bonds is 2. The molecule has 0 radical (unpaired) electrons. The van der Waals surface area contributed by atoms with E-state index in [4.69, 9.17) is 0 Å². The van der Waals surface area contributed by atoms with E-state index in [1.54, 1.807) is 0 Å². The topological polar surface area (TPSA) is 3.24 Å². The third-order valence-electron chi connectivity index (χ3n) is 2.73. The smallest absolute Gasteiger partial charge is 0.0342 e. The maximum Gasteiger partial charge on any atom is 0.0342 e. The Labute approximate surface area is 91.9 Å². The second-order valence-electron chi connectivity index (χ2n) is 3.65. The normalized spacial score (nSPS) is 24.0. The summed E-state index contributed by atoms with van der Waals surface area (Å²) in [5.41, 5.74) is 0. The molecule has 2 heterocycles. The van der Waals surface area contributed by atoms with Gasteiger partial charge in [-0.25, -0.2) is 0 Å². The number of likely N-dealkylation sites (tertiary alicyclic amines) is 1. The summed E-state index contributed by atoms with van der Waals surface area (Å²) in [6.07, 6.45) is 2.73. The summed E-state index contributed by atoms with van der Waals surface area (Å²) in [6.45, 7) is 4.72. The van der Waals surface area contributed by atoms with Gasteiger partial charge in [0, 0.05) is 21.9 Å². The van der Waals surface area contributed by atoms with Gasteiger partial charge >= 0.3 is 0 Å². The molecule has 0 amide bonds. The molecule has 0 bridgehead atoms. The molecule has 1 saturated heterocycles. The van der Waals surface area contributed by atoms with Crippen LogP contribution in [-0.4, -0.2) is 17.5 Å². The van der Waals surface area contributed by atoms with Crippen molar-refractivity contribution >= 4 is 27.3 Å². The first-order valence-electron chi connectivity index (χ1n) is 4.73. The Kier molecular flexibility index (Phi) is 3.06. The van der Waals surface area contributed by atoms with Crippen LogP contribution >= 0.6 is 27.3 Å². The Morgan fingerprint density at radius 1 is 1.69 bits per heavy atom. The molecule has 1 aromatic rings. The fourth-order valence-electron chi connectivity index (χ4n) is 1.85. The summed E-state index contributed by atoms with van der Waals surface area (Å²) in [5, 5.41) is 2.15. The first-order valence-corrected chi connectivity index (χ1v) is 6.40. The molecule has 0 N–H and O–H groups in total. The SMILES string of the molecule is CC1CCCN1Cc1sccc1Br. The number of hydrogen-bond acceptors (Lipinski definition) is 2. The van der Waals surface area contributed by atoms with Crippen molar-refractivity contribution in [2.45, 2.75) is 32.4 Å². The van der Waals surface area contributed by atoms with Gasteiger partial charge in [-0.1, -0.05) is 0 Å². The lowest BCUT2D eigenvalue weighted by Crippen LogP contribution is -2.25. The molecule has 1 aromatic heterocycles. The molecule has 2 rings (SSSR count). The third kappa shape index (κ3) is 2.14. The van der Waals surface area contributed by atoms with Gasteiger partial charge in [-0.05, 0) is 53.7 Å². The molecule has 0 saturated carbocycles. The van der Waals surface area contributed by atoms with Crippen molar-refractivity contribution in [3.05, 3.63) is 20.8 Å². The van der Waals surface area contributed by atoms with Crippen molar-refractivity contribution < 1.29 is 0 Å². The molecule has 13 heavy (non-hydrogen) atoms. The highest BCUT2D eigenvalue weighted by atomic mass is 79.9. The van der Waals surface area contributed by atoms with Crippen LogP contribution in [0.1, 0.15) is 24.6 Å². The summed E-state index contributed by atoms with van der Waals surface area (Å²) in [5.74, 6) is 0. The van der Waals surface area contributed by atoms with Crippen molar-refractivity contribution in [3.63, 3.8) is 0 Å². The summed E-state index contributed by atoms with van der Waals surface area (Å²) in [6, 6.07) is 2.91. The lowest BCUT2D eigenvalue weighted by Gasteiger charge is -2.20. The van der Waals surface area contributed by atoms with Gasteiger partial charge in [-0.15, -0.1) is 11.3 Å². The van der Waals surface area contributed by atoms with Gasteiger partial charge < -0.3 is 0 Å². The molecule has 3 heteroatoms. The zero-order valence-electron chi connectivity index (χ0n) is 7.79. The average molecular weight is 260 g/mol. The number of thiophene rings is 1. The summed E-state index contributed by atoms with van der Waals surface area (Å²) < 4.78 is 1.27. The monoisotopic (exact) mass is 259 g/mol. The minimum absolute atomic E-state index is 0.772. The van der Waals surface area contributed by atoms with Gasteiger partial charge in [0.25, 0.3) is 0 Å². The zero-order chi connectivity index (χ0) is 9.26. The number of hydrogen-bond donors (Lipinski definition) is 0. The Morgan fingerprint density at radius 2 is 2.54 bits per heavy atom. The maximum absolute atomic E-state index is 3.58.